The number of nitrogens with one attached hydrogen (secondary N) is 3. The summed E-state index contributed by atoms with van der Waals surface area (Å²) in [6.45, 7) is 34.5. The minimum atomic E-state index is -1.07. The molecular weight excluding hydrogens is 1630 g/mol. The topological polar surface area (TPSA) is 311 Å². The van der Waals surface area contributed by atoms with E-state index in [2.05, 4.69) is 99.0 Å². The summed E-state index contributed by atoms with van der Waals surface area (Å²) >= 11 is 0. The average molecular weight is 1790 g/mol. The van der Waals surface area contributed by atoms with E-state index in [9.17, 15) is 29.1 Å². The Balaban J connectivity index is 0.875. The summed E-state index contributed by atoms with van der Waals surface area (Å²) in [4.78, 5) is 69.9. The van der Waals surface area contributed by atoms with E-state index in [1.807, 2.05) is 78.9 Å². The Bertz CT molecular complexity index is 3390. The minimum absolute atomic E-state index is 0.00423. The maximum atomic E-state index is 14.4. The van der Waals surface area contributed by atoms with Crippen molar-refractivity contribution in [2.24, 2.45) is 57.2 Å². The number of β-amino-alcohol motifs (C(OH)–C–C–N with tert-alkyl or cyclic N) is 1. The molecule has 4 aliphatic rings. The molecule has 0 aliphatic carbocycles. The molecule has 722 valence electrons. The molecule has 3 aromatic carbocycles. The molecule has 4 N–H and O–H groups in total. The number of ether oxygens (including phenoxy) is 18. The summed E-state index contributed by atoms with van der Waals surface area (Å²) in [6.07, 6.45) is 9.63. The Morgan fingerprint density at radius 1 is 0.433 bits per heavy atom. The quantitative estimate of drug-likeness (QED) is 0.0232. The standard InChI is InChI=1S/C99H162N4O24/c1-15-95(10)67-123-92(74(4)77(95)7)121-61-59-115-55-53-112-50-44-100-88(106)41-47-117-70-98(72-119-49-43-90(108)102-46-52-114-57-58-120-73-126-94-76(6)79(9)97(12,17-3)69-125-94,71-118-48-42-89(107)101-45-51-113-54-56-116-60-62-122-93-75(5)78(8)96(11,16-2)68-124-93)64-84(104)31-27-22-20-18-19-21-23-28-32-91(109)103-65-85(105)63-83(103)66-127-99(80-29-25-24-26-30-80,81-33-37-86(110-13)38-34-81)82-35-39-87(111-14)40-36-82/h24-26,29-30,33-40,74-79,83,85,92-94,105H,15-23,27-28,31-32,41-73H2,1-14H3,(H,100,106)(H,101,107)(H,102,108)/t74?,75?,76?,77-,78-,79-,83+,85-,92+,93+,94-,95+,96+,97+,98?/m1/s1. The van der Waals surface area contributed by atoms with Crippen LogP contribution in [0.2, 0.25) is 0 Å². The number of nitrogens with zero attached hydrogens (tertiary/aromatic N) is 1. The molecule has 0 radical (unpaired) electrons. The number of ketones is 1. The van der Waals surface area contributed by atoms with E-state index < -0.39 is 17.1 Å². The van der Waals surface area contributed by atoms with Crippen molar-refractivity contribution in [1.29, 1.82) is 0 Å². The van der Waals surface area contributed by atoms with Crippen molar-refractivity contribution >= 4 is 29.4 Å². The smallest absolute Gasteiger partial charge is 0.222 e. The largest absolute Gasteiger partial charge is 0.497 e. The monoisotopic (exact) mass is 1790 g/mol. The minimum Gasteiger partial charge on any atom is -0.497 e. The van der Waals surface area contributed by atoms with Crippen molar-refractivity contribution in [3.63, 3.8) is 0 Å². The second-order valence-corrected chi connectivity index (χ2v) is 36.4. The maximum absolute atomic E-state index is 14.4. The van der Waals surface area contributed by atoms with Crippen molar-refractivity contribution in [2.75, 3.05) is 199 Å². The zero-order valence-corrected chi connectivity index (χ0v) is 79.7. The number of hydrogen-bond donors (Lipinski definition) is 4. The maximum Gasteiger partial charge on any atom is 0.222 e. The molecule has 4 saturated heterocycles. The lowest BCUT2D eigenvalue weighted by atomic mass is 9.69. The third-order valence-electron chi connectivity index (χ3n) is 27.5. The number of rotatable bonds is 68. The predicted octanol–water partition coefficient (Wildman–Crippen LogP) is 13.6. The Kier molecular flexibility index (Phi) is 50.2. The van der Waals surface area contributed by atoms with Gasteiger partial charge in [-0.2, -0.15) is 0 Å². The highest BCUT2D eigenvalue weighted by Gasteiger charge is 2.47. The van der Waals surface area contributed by atoms with Crippen molar-refractivity contribution in [1.82, 2.24) is 20.9 Å². The van der Waals surface area contributed by atoms with Crippen LogP contribution in [0, 0.1) is 57.2 Å². The number of methoxy groups -OCH3 is 2. The van der Waals surface area contributed by atoms with Gasteiger partial charge >= 0.3 is 0 Å². The first-order chi connectivity index (χ1) is 61.3. The van der Waals surface area contributed by atoms with E-state index >= 15 is 0 Å². The first-order valence-corrected chi connectivity index (χ1v) is 47.5. The van der Waals surface area contributed by atoms with Crippen molar-refractivity contribution in [3.8, 4) is 11.5 Å². The van der Waals surface area contributed by atoms with Gasteiger partial charge in [0.15, 0.2) is 18.9 Å². The lowest BCUT2D eigenvalue weighted by Crippen LogP contribution is -2.47. The van der Waals surface area contributed by atoms with Crippen LogP contribution in [0.1, 0.15) is 215 Å². The fraction of sp³-hybridized carbons (Fsp3) is 0.768. The molecule has 0 saturated carbocycles. The van der Waals surface area contributed by atoms with E-state index in [1.54, 1.807) is 19.1 Å². The van der Waals surface area contributed by atoms with Gasteiger partial charge in [0.25, 0.3) is 0 Å². The summed E-state index contributed by atoms with van der Waals surface area (Å²) in [5.41, 5.74) is 0.920. The zero-order chi connectivity index (χ0) is 91.8. The molecule has 3 aromatic rings. The second-order valence-electron chi connectivity index (χ2n) is 36.4. The number of unbranched alkanes of at least 4 members (excludes halogenated alkanes) is 7. The Labute approximate surface area is 759 Å². The zero-order valence-electron chi connectivity index (χ0n) is 79.7. The van der Waals surface area contributed by atoms with Gasteiger partial charge in [0.1, 0.15) is 29.7 Å². The normalized spacial score (nSPS) is 24.9. The lowest BCUT2D eigenvalue weighted by molar-refractivity contribution is -0.266. The van der Waals surface area contributed by atoms with Gasteiger partial charge in [0, 0.05) is 87.9 Å². The molecule has 7 rings (SSSR count). The fourth-order valence-electron chi connectivity index (χ4n) is 17.3. The van der Waals surface area contributed by atoms with E-state index in [0.717, 1.165) is 74.5 Å². The number of hydrogen-bond acceptors (Lipinski definition) is 24. The number of benzene rings is 3. The first-order valence-electron chi connectivity index (χ1n) is 47.5. The van der Waals surface area contributed by atoms with Gasteiger partial charge < -0.3 is 111 Å². The van der Waals surface area contributed by atoms with Gasteiger partial charge in [0.05, 0.1) is 178 Å². The summed E-state index contributed by atoms with van der Waals surface area (Å²) in [7, 11) is 3.27. The molecule has 4 heterocycles. The van der Waals surface area contributed by atoms with Crippen LogP contribution in [0.4, 0.5) is 0 Å². The molecule has 3 unspecified atom stereocenters. The van der Waals surface area contributed by atoms with E-state index in [-0.39, 0.29) is 213 Å². The number of carbonyl (C=O) groups excluding carboxylic acids is 5. The number of carbonyl (C=O) groups is 5. The molecule has 0 spiro atoms. The summed E-state index contributed by atoms with van der Waals surface area (Å²) < 4.78 is 108. The van der Waals surface area contributed by atoms with Crippen molar-refractivity contribution < 1.29 is 114 Å². The third-order valence-corrected chi connectivity index (χ3v) is 27.5. The summed E-state index contributed by atoms with van der Waals surface area (Å²) in [5, 5.41) is 19.8. The molecule has 4 amide bonds. The number of likely N-dealkylation sites (tertiary alicyclic amines) is 1. The molecule has 0 aromatic heterocycles. The summed E-state index contributed by atoms with van der Waals surface area (Å²) in [5.74, 6) is 2.78. The van der Waals surface area contributed by atoms with E-state index in [4.69, 9.17) is 85.3 Å². The molecular formula is C99H162N4O24. The molecule has 127 heavy (non-hydrogen) atoms. The van der Waals surface area contributed by atoms with Crippen LogP contribution in [0.3, 0.4) is 0 Å². The Morgan fingerprint density at radius 3 is 1.20 bits per heavy atom. The van der Waals surface area contributed by atoms with Gasteiger partial charge in [-0.3, -0.25) is 24.0 Å². The highest BCUT2D eigenvalue weighted by atomic mass is 16.8. The Hall–Kier alpha value is -5.87. The van der Waals surface area contributed by atoms with Gasteiger partial charge in [-0.05, 0) is 113 Å². The van der Waals surface area contributed by atoms with Crippen molar-refractivity contribution in [2.45, 2.75) is 235 Å². The average Bonchev–Trinajstić information content (AvgIpc) is 1.40. The highest BCUT2D eigenvalue weighted by molar-refractivity contribution is 5.79. The van der Waals surface area contributed by atoms with Gasteiger partial charge in [0.2, 0.25) is 23.6 Å². The van der Waals surface area contributed by atoms with Crippen molar-refractivity contribution in [3.05, 3.63) is 95.6 Å². The molecule has 14 atom stereocenters. The number of aliphatic hydroxyl groups is 1. The van der Waals surface area contributed by atoms with Crippen LogP contribution in [0.25, 0.3) is 0 Å². The third kappa shape index (κ3) is 36.2. The van der Waals surface area contributed by atoms with E-state index in [1.165, 1.54) is 0 Å². The van der Waals surface area contributed by atoms with Gasteiger partial charge in [-0.1, -0.05) is 176 Å². The first kappa shape index (κ1) is 108. The number of Topliss-reactive ketones (excluding diaryl/α,β-unsaturated/α-hetero) is 1. The molecule has 28 heteroatoms. The fourth-order valence-corrected chi connectivity index (χ4v) is 17.3. The van der Waals surface area contributed by atoms with E-state index in [0.29, 0.717) is 147 Å². The summed E-state index contributed by atoms with van der Waals surface area (Å²) in [6, 6.07) is 25.4. The molecule has 28 nitrogen and oxygen atoms in total. The molecule has 0 bridgehead atoms. The SMILES string of the molecule is CC[C@@]1(C)CO[C@H](OCCOCCOCCNC(=O)CCOCC(COCCC(=O)NCCOCCOCCO[C@H]2OC[C@](C)(CC)[C@H](C)C2C)(COCCC(=O)NCCOCCOCO[C@H]2OC[C@](C)(CC)[C@H](C)C2C)CC(=O)CCCCCCCCCCC(=O)N2C[C@H](O)C[C@H]2COC(c2ccccc2)(c2ccc(OC)cc2)c2ccc(OC)cc2)C(C)[C@H]1C. The molecule has 4 aliphatic heterocycles. The number of aliphatic hydroxyl groups excluding tert-OH is 1. The van der Waals surface area contributed by atoms with Gasteiger partial charge in [-0.15, -0.1) is 0 Å². The van der Waals surface area contributed by atoms with Crippen LogP contribution < -0.4 is 25.4 Å². The van der Waals surface area contributed by atoms with Crippen LogP contribution in [-0.4, -0.2) is 270 Å². The predicted molar refractivity (Wildman–Crippen MR) is 485 cm³/mol. The highest BCUT2D eigenvalue weighted by Crippen LogP contribution is 2.47. The Morgan fingerprint density at radius 2 is 0.795 bits per heavy atom. The van der Waals surface area contributed by atoms with Crippen LogP contribution in [0.5, 0.6) is 11.5 Å². The van der Waals surface area contributed by atoms with Gasteiger partial charge in [-0.25, -0.2) is 0 Å². The lowest BCUT2D eigenvalue weighted by Gasteiger charge is -2.46. The molecule has 4 fully saturated rings. The second kappa shape index (κ2) is 58.9. The van der Waals surface area contributed by atoms with Crippen LogP contribution in [0.15, 0.2) is 78.9 Å². The van der Waals surface area contributed by atoms with Crippen LogP contribution in [-0.2, 0) is 105 Å². The van der Waals surface area contributed by atoms with Crippen LogP contribution >= 0.6 is 0 Å². The number of amides is 4.